The summed E-state index contributed by atoms with van der Waals surface area (Å²) in [4.78, 5) is 12.2. The first-order valence-electron chi connectivity index (χ1n) is 6.20. The monoisotopic (exact) mass is 270 g/mol. The van der Waals surface area contributed by atoms with Crippen LogP contribution in [0.3, 0.4) is 0 Å². The Bertz CT molecular complexity index is 447. The number of ketones is 1. The van der Waals surface area contributed by atoms with Gasteiger partial charge in [0.2, 0.25) is 0 Å². The van der Waals surface area contributed by atoms with E-state index < -0.39 is 0 Å². The molecular formula is C14H16ClFO2. The standard InChI is InChI=1S/C14H16ClFO2/c1-2-14-11(5-6-18-14)13(17)8-9-7-10(15)3-4-12(9)16/h3-4,7,11,14H,2,5-6,8H2,1H3. The van der Waals surface area contributed by atoms with E-state index in [0.29, 0.717) is 17.2 Å². The van der Waals surface area contributed by atoms with Gasteiger partial charge in [0.1, 0.15) is 11.6 Å². The van der Waals surface area contributed by atoms with Crippen LogP contribution < -0.4 is 0 Å². The average molecular weight is 271 g/mol. The predicted molar refractivity (Wildman–Crippen MR) is 68.3 cm³/mol. The minimum atomic E-state index is -0.375. The predicted octanol–water partition coefficient (Wildman–Crippen LogP) is 3.41. The lowest BCUT2D eigenvalue weighted by Gasteiger charge is -2.15. The Kier molecular flexibility index (Phi) is 4.36. The van der Waals surface area contributed by atoms with E-state index in [1.807, 2.05) is 6.92 Å². The number of hydrogen-bond donors (Lipinski definition) is 0. The Balaban J connectivity index is 2.09. The molecule has 2 unspecified atom stereocenters. The van der Waals surface area contributed by atoms with Crippen LogP contribution in [-0.4, -0.2) is 18.5 Å². The molecule has 1 aromatic carbocycles. The van der Waals surface area contributed by atoms with E-state index in [2.05, 4.69) is 0 Å². The van der Waals surface area contributed by atoms with Crippen molar-refractivity contribution in [1.82, 2.24) is 0 Å². The molecule has 1 aliphatic rings. The van der Waals surface area contributed by atoms with E-state index in [1.165, 1.54) is 18.2 Å². The van der Waals surface area contributed by atoms with Gasteiger partial charge in [-0.25, -0.2) is 4.39 Å². The molecule has 1 aromatic rings. The van der Waals surface area contributed by atoms with Gasteiger partial charge in [-0.1, -0.05) is 18.5 Å². The van der Waals surface area contributed by atoms with Gasteiger partial charge in [-0.05, 0) is 36.6 Å². The summed E-state index contributed by atoms with van der Waals surface area (Å²) in [5, 5.41) is 0.453. The van der Waals surface area contributed by atoms with Crippen molar-refractivity contribution in [2.45, 2.75) is 32.3 Å². The number of Topliss-reactive ketones (excluding diaryl/α,β-unsaturated/α-hetero) is 1. The normalized spacial score (nSPS) is 23.3. The molecule has 0 aliphatic carbocycles. The molecule has 2 rings (SSSR count). The van der Waals surface area contributed by atoms with Gasteiger partial charge in [-0.15, -0.1) is 0 Å². The first kappa shape index (κ1) is 13.5. The van der Waals surface area contributed by atoms with Gasteiger partial charge >= 0.3 is 0 Å². The first-order valence-corrected chi connectivity index (χ1v) is 6.58. The molecular weight excluding hydrogens is 255 g/mol. The van der Waals surface area contributed by atoms with Crippen molar-refractivity contribution >= 4 is 17.4 Å². The second-order valence-corrected chi connectivity index (χ2v) is 5.03. The fraction of sp³-hybridized carbons (Fsp3) is 0.500. The molecule has 0 bridgehead atoms. The van der Waals surface area contributed by atoms with Gasteiger partial charge in [-0.2, -0.15) is 0 Å². The zero-order valence-electron chi connectivity index (χ0n) is 10.3. The lowest BCUT2D eigenvalue weighted by Crippen LogP contribution is -2.25. The summed E-state index contributed by atoms with van der Waals surface area (Å²) in [5.74, 6) is -0.436. The second kappa shape index (κ2) is 5.81. The average Bonchev–Trinajstić information content (AvgIpc) is 2.82. The number of carbonyl (C=O) groups is 1. The Morgan fingerprint density at radius 3 is 3.06 bits per heavy atom. The zero-order chi connectivity index (χ0) is 13.1. The van der Waals surface area contributed by atoms with Crippen LogP contribution >= 0.6 is 11.6 Å². The summed E-state index contributed by atoms with van der Waals surface area (Å²) < 4.78 is 19.0. The van der Waals surface area contributed by atoms with Crippen LogP contribution in [0.5, 0.6) is 0 Å². The van der Waals surface area contributed by atoms with Crippen molar-refractivity contribution in [1.29, 1.82) is 0 Å². The summed E-state index contributed by atoms with van der Waals surface area (Å²) >= 11 is 5.81. The fourth-order valence-electron chi connectivity index (χ4n) is 2.42. The summed E-state index contributed by atoms with van der Waals surface area (Å²) in [6, 6.07) is 4.30. The Labute approximate surface area is 111 Å². The quantitative estimate of drug-likeness (QED) is 0.838. The zero-order valence-corrected chi connectivity index (χ0v) is 11.0. The maximum absolute atomic E-state index is 13.6. The fourth-order valence-corrected chi connectivity index (χ4v) is 2.61. The summed E-state index contributed by atoms with van der Waals surface area (Å²) in [7, 11) is 0. The highest BCUT2D eigenvalue weighted by Crippen LogP contribution is 2.26. The molecule has 0 radical (unpaired) electrons. The third-order valence-electron chi connectivity index (χ3n) is 3.40. The van der Waals surface area contributed by atoms with Crippen LogP contribution in [-0.2, 0) is 16.0 Å². The van der Waals surface area contributed by atoms with Crippen LogP contribution in [0, 0.1) is 11.7 Å². The lowest BCUT2D eigenvalue weighted by molar-refractivity contribution is -0.123. The molecule has 0 aromatic heterocycles. The molecule has 2 atom stereocenters. The van der Waals surface area contributed by atoms with Gasteiger partial charge in [0, 0.05) is 24.0 Å². The Morgan fingerprint density at radius 1 is 1.56 bits per heavy atom. The number of rotatable bonds is 4. The number of halogens is 2. The van der Waals surface area contributed by atoms with E-state index in [4.69, 9.17) is 16.3 Å². The van der Waals surface area contributed by atoms with Gasteiger partial charge in [0.15, 0.2) is 0 Å². The maximum atomic E-state index is 13.6. The number of benzene rings is 1. The van der Waals surface area contributed by atoms with Gasteiger partial charge in [-0.3, -0.25) is 4.79 Å². The van der Waals surface area contributed by atoms with Crippen molar-refractivity contribution in [3.63, 3.8) is 0 Å². The topological polar surface area (TPSA) is 26.3 Å². The van der Waals surface area contributed by atoms with E-state index >= 15 is 0 Å². The minimum absolute atomic E-state index is 0.0141. The third-order valence-corrected chi connectivity index (χ3v) is 3.63. The van der Waals surface area contributed by atoms with Crippen molar-refractivity contribution in [3.05, 3.63) is 34.6 Å². The minimum Gasteiger partial charge on any atom is -0.377 e. The largest absolute Gasteiger partial charge is 0.377 e. The number of carbonyl (C=O) groups excluding carboxylic acids is 1. The highest BCUT2D eigenvalue weighted by molar-refractivity contribution is 6.30. The molecule has 4 heteroatoms. The van der Waals surface area contributed by atoms with Gasteiger partial charge in [0.05, 0.1) is 6.10 Å². The molecule has 1 saturated heterocycles. The second-order valence-electron chi connectivity index (χ2n) is 4.59. The SMILES string of the molecule is CCC1OCCC1C(=O)Cc1cc(Cl)ccc1F. The summed E-state index contributed by atoms with van der Waals surface area (Å²) in [6.07, 6.45) is 1.63. The van der Waals surface area contributed by atoms with Gasteiger partial charge in [0.25, 0.3) is 0 Å². The van der Waals surface area contributed by atoms with Crippen LogP contribution in [0.15, 0.2) is 18.2 Å². The van der Waals surface area contributed by atoms with Crippen molar-refractivity contribution in [2.75, 3.05) is 6.61 Å². The van der Waals surface area contributed by atoms with Crippen LogP contribution in [0.2, 0.25) is 5.02 Å². The van der Waals surface area contributed by atoms with Crippen LogP contribution in [0.25, 0.3) is 0 Å². The molecule has 1 heterocycles. The summed E-state index contributed by atoms with van der Waals surface area (Å²) in [5.41, 5.74) is 0.370. The molecule has 98 valence electrons. The number of hydrogen-bond acceptors (Lipinski definition) is 2. The third kappa shape index (κ3) is 2.90. The maximum Gasteiger partial charge on any atom is 0.143 e. The molecule has 18 heavy (non-hydrogen) atoms. The molecule has 0 amide bonds. The molecule has 0 saturated carbocycles. The molecule has 0 N–H and O–H groups in total. The Hall–Kier alpha value is -0.930. The van der Waals surface area contributed by atoms with Crippen molar-refractivity contribution in [3.8, 4) is 0 Å². The highest BCUT2D eigenvalue weighted by atomic mass is 35.5. The van der Waals surface area contributed by atoms with E-state index in [0.717, 1.165) is 12.8 Å². The summed E-state index contributed by atoms with van der Waals surface area (Å²) in [6.45, 7) is 2.61. The Morgan fingerprint density at radius 2 is 2.33 bits per heavy atom. The first-order chi connectivity index (χ1) is 8.61. The van der Waals surface area contributed by atoms with Crippen molar-refractivity contribution < 1.29 is 13.9 Å². The van der Waals surface area contributed by atoms with E-state index in [1.54, 1.807) is 0 Å². The van der Waals surface area contributed by atoms with Gasteiger partial charge < -0.3 is 4.74 Å². The van der Waals surface area contributed by atoms with Crippen molar-refractivity contribution in [2.24, 2.45) is 5.92 Å². The number of ether oxygens (including phenoxy) is 1. The van der Waals surface area contributed by atoms with Crippen LogP contribution in [0.4, 0.5) is 4.39 Å². The van der Waals surface area contributed by atoms with E-state index in [9.17, 15) is 9.18 Å². The van der Waals surface area contributed by atoms with E-state index in [-0.39, 0.29) is 30.0 Å². The lowest BCUT2D eigenvalue weighted by atomic mass is 9.91. The molecule has 1 aliphatic heterocycles. The smallest absolute Gasteiger partial charge is 0.143 e. The highest BCUT2D eigenvalue weighted by Gasteiger charge is 2.32. The molecule has 2 nitrogen and oxygen atoms in total. The molecule has 0 spiro atoms. The van der Waals surface area contributed by atoms with Crippen LogP contribution in [0.1, 0.15) is 25.3 Å². The molecule has 1 fully saturated rings.